The fourth-order valence-electron chi connectivity index (χ4n) is 2.49. The number of carbonyl (C=O) groups excluding carboxylic acids is 1. The molecule has 3 N–H and O–H groups in total. The van der Waals surface area contributed by atoms with Crippen molar-refractivity contribution in [3.05, 3.63) is 65.0 Å². The molecule has 0 aliphatic carbocycles. The second-order valence-corrected chi connectivity index (χ2v) is 6.75. The first kappa shape index (κ1) is 20.8. The zero-order valence-electron chi connectivity index (χ0n) is 15.8. The molecule has 2 rings (SSSR count). The number of aryl methyl sites for hydroxylation is 1. The average Bonchev–Trinajstić information content (AvgIpc) is 2.68. The largest absolute Gasteiger partial charge is 0.355 e. The van der Waals surface area contributed by atoms with Crippen LogP contribution < -0.4 is 16.0 Å². The molecule has 0 unspecified atom stereocenters. The maximum Gasteiger partial charge on any atom is 0.254 e. The normalized spacial score (nSPS) is 11.2. The number of benzene rings is 2. The number of halogens is 1. The number of thioether (sulfide) groups is 1. The predicted octanol–water partition coefficient (Wildman–Crippen LogP) is 2.95. The van der Waals surface area contributed by atoms with Crippen molar-refractivity contribution in [2.75, 3.05) is 26.4 Å². The van der Waals surface area contributed by atoms with Crippen LogP contribution in [0.4, 0.5) is 4.39 Å². The van der Waals surface area contributed by atoms with E-state index >= 15 is 0 Å². The summed E-state index contributed by atoms with van der Waals surface area (Å²) in [5.74, 6) is -0.312. The summed E-state index contributed by atoms with van der Waals surface area (Å²) in [6.07, 6.45) is 2.06. The van der Waals surface area contributed by atoms with Crippen LogP contribution in [0.2, 0.25) is 0 Å². The van der Waals surface area contributed by atoms with Gasteiger partial charge >= 0.3 is 0 Å². The van der Waals surface area contributed by atoms with E-state index in [1.807, 2.05) is 0 Å². The van der Waals surface area contributed by atoms with E-state index in [4.69, 9.17) is 0 Å². The van der Waals surface area contributed by atoms with Gasteiger partial charge in [-0.25, -0.2) is 4.39 Å². The highest BCUT2D eigenvalue weighted by atomic mass is 32.2. The number of hydrogen-bond donors (Lipinski definition) is 3. The molecular weight excluding hydrogens is 363 g/mol. The smallest absolute Gasteiger partial charge is 0.254 e. The Labute approximate surface area is 163 Å². The Hall–Kier alpha value is -2.54. The molecule has 1 amide bonds. The Kier molecular flexibility index (Phi) is 8.13. The van der Waals surface area contributed by atoms with Crippen LogP contribution in [0.1, 0.15) is 21.5 Å². The first-order valence-corrected chi connectivity index (χ1v) is 9.88. The molecule has 0 aliphatic rings. The van der Waals surface area contributed by atoms with Crippen molar-refractivity contribution < 1.29 is 9.18 Å². The van der Waals surface area contributed by atoms with Gasteiger partial charge in [0, 0.05) is 31.6 Å². The summed E-state index contributed by atoms with van der Waals surface area (Å²) in [5, 5.41) is 9.09. The summed E-state index contributed by atoms with van der Waals surface area (Å²) in [5.41, 5.74) is 2.48. The maximum atomic E-state index is 13.6. The van der Waals surface area contributed by atoms with Gasteiger partial charge in [0.1, 0.15) is 5.82 Å². The molecule has 0 aliphatic heterocycles. The summed E-state index contributed by atoms with van der Waals surface area (Å²) in [6.45, 7) is 3.56. The Morgan fingerprint density at radius 3 is 2.56 bits per heavy atom. The van der Waals surface area contributed by atoms with E-state index in [-0.39, 0.29) is 5.56 Å². The Morgan fingerprint density at radius 2 is 1.85 bits per heavy atom. The fourth-order valence-corrected chi connectivity index (χ4v) is 3.20. The predicted molar refractivity (Wildman–Crippen MR) is 110 cm³/mol. The number of guanidine groups is 1. The van der Waals surface area contributed by atoms with Crippen molar-refractivity contribution in [1.82, 2.24) is 16.0 Å². The molecule has 0 bridgehead atoms. The van der Waals surface area contributed by atoms with Crippen LogP contribution in [0, 0.1) is 12.7 Å². The average molecular weight is 389 g/mol. The lowest BCUT2D eigenvalue weighted by Crippen LogP contribution is -2.41. The molecule has 0 saturated heterocycles. The molecule has 0 saturated carbocycles. The van der Waals surface area contributed by atoms with Gasteiger partial charge in [-0.1, -0.05) is 24.3 Å². The van der Waals surface area contributed by atoms with Gasteiger partial charge < -0.3 is 16.0 Å². The Balaban J connectivity index is 1.78. The van der Waals surface area contributed by atoms with Gasteiger partial charge in [-0.15, -0.1) is 11.8 Å². The molecule has 5 nitrogen and oxygen atoms in total. The van der Waals surface area contributed by atoms with Crippen molar-refractivity contribution in [1.29, 1.82) is 0 Å². The van der Waals surface area contributed by atoms with E-state index in [1.54, 1.807) is 30.9 Å². The standard InChI is InChI=1S/C20H25FN4OS/c1-14-8-9-15(18(12-14)27-3)13-25-20(22-2)24-11-10-23-19(26)16-6-4-5-7-17(16)21/h4-9,12H,10-11,13H2,1-3H3,(H,23,26)(H2,22,24,25). The van der Waals surface area contributed by atoms with Gasteiger partial charge in [0.05, 0.1) is 5.56 Å². The number of carbonyl (C=O) groups is 1. The number of aliphatic imine (C=N–C) groups is 1. The van der Waals surface area contributed by atoms with E-state index in [9.17, 15) is 9.18 Å². The van der Waals surface area contributed by atoms with Gasteiger partial charge in [-0.05, 0) is 42.5 Å². The number of nitrogens with zero attached hydrogens (tertiary/aromatic N) is 1. The molecule has 144 valence electrons. The topological polar surface area (TPSA) is 65.5 Å². The quantitative estimate of drug-likeness (QED) is 0.295. The number of nitrogens with one attached hydrogen (secondary N) is 3. The molecule has 0 heterocycles. The maximum absolute atomic E-state index is 13.6. The fraction of sp³-hybridized carbons (Fsp3) is 0.300. The van der Waals surface area contributed by atoms with Crippen molar-refractivity contribution in [3.8, 4) is 0 Å². The van der Waals surface area contributed by atoms with Crippen LogP contribution in [0.5, 0.6) is 0 Å². The van der Waals surface area contributed by atoms with Gasteiger partial charge in [0.2, 0.25) is 0 Å². The molecule has 0 spiro atoms. The Bertz CT molecular complexity index is 810. The third kappa shape index (κ3) is 6.29. The minimum Gasteiger partial charge on any atom is -0.355 e. The first-order valence-electron chi connectivity index (χ1n) is 8.66. The Morgan fingerprint density at radius 1 is 1.11 bits per heavy atom. The first-order chi connectivity index (χ1) is 13.0. The number of rotatable bonds is 7. The van der Waals surface area contributed by atoms with Crippen molar-refractivity contribution in [2.24, 2.45) is 4.99 Å². The van der Waals surface area contributed by atoms with Gasteiger partial charge in [0.25, 0.3) is 5.91 Å². The monoisotopic (exact) mass is 388 g/mol. The molecule has 7 heteroatoms. The summed E-state index contributed by atoms with van der Waals surface area (Å²) < 4.78 is 13.6. The molecule has 0 aromatic heterocycles. The minimum absolute atomic E-state index is 0.0453. The highest BCUT2D eigenvalue weighted by molar-refractivity contribution is 7.98. The van der Waals surface area contributed by atoms with E-state index in [2.05, 4.69) is 52.3 Å². The lowest BCUT2D eigenvalue weighted by atomic mass is 10.1. The SMILES string of the molecule is CN=C(NCCNC(=O)c1ccccc1F)NCc1ccc(C)cc1SC. The molecule has 27 heavy (non-hydrogen) atoms. The highest BCUT2D eigenvalue weighted by Crippen LogP contribution is 2.21. The molecular formula is C20H25FN4OS. The number of hydrogen-bond acceptors (Lipinski definition) is 3. The lowest BCUT2D eigenvalue weighted by Gasteiger charge is -2.14. The zero-order chi connectivity index (χ0) is 19.6. The third-order valence-corrected chi connectivity index (χ3v) is 4.75. The lowest BCUT2D eigenvalue weighted by molar-refractivity contribution is 0.0950. The van der Waals surface area contributed by atoms with Crippen LogP contribution >= 0.6 is 11.8 Å². The summed E-state index contributed by atoms with van der Waals surface area (Å²) in [6, 6.07) is 12.3. The number of amides is 1. The molecule has 0 atom stereocenters. The summed E-state index contributed by atoms with van der Waals surface area (Å²) in [7, 11) is 1.69. The van der Waals surface area contributed by atoms with Crippen LogP contribution in [0.15, 0.2) is 52.4 Å². The van der Waals surface area contributed by atoms with Gasteiger partial charge in [-0.3, -0.25) is 9.79 Å². The molecule has 2 aromatic rings. The van der Waals surface area contributed by atoms with Crippen molar-refractivity contribution in [2.45, 2.75) is 18.4 Å². The van der Waals surface area contributed by atoms with Crippen LogP contribution in [-0.4, -0.2) is 38.3 Å². The second-order valence-electron chi connectivity index (χ2n) is 5.90. The van der Waals surface area contributed by atoms with Gasteiger partial charge in [-0.2, -0.15) is 0 Å². The summed E-state index contributed by atoms with van der Waals surface area (Å²) in [4.78, 5) is 17.4. The minimum atomic E-state index is -0.525. The van der Waals surface area contributed by atoms with E-state index < -0.39 is 11.7 Å². The van der Waals surface area contributed by atoms with Gasteiger partial charge in [0.15, 0.2) is 5.96 Å². The zero-order valence-corrected chi connectivity index (χ0v) is 16.6. The highest BCUT2D eigenvalue weighted by Gasteiger charge is 2.09. The van der Waals surface area contributed by atoms with Crippen molar-refractivity contribution in [3.63, 3.8) is 0 Å². The van der Waals surface area contributed by atoms with E-state index in [0.29, 0.717) is 25.6 Å². The van der Waals surface area contributed by atoms with Crippen LogP contribution in [0.3, 0.4) is 0 Å². The third-order valence-electron chi connectivity index (χ3n) is 3.93. The molecule has 0 fully saturated rings. The van der Waals surface area contributed by atoms with Crippen LogP contribution in [-0.2, 0) is 6.54 Å². The molecule has 2 aromatic carbocycles. The van der Waals surface area contributed by atoms with Crippen LogP contribution in [0.25, 0.3) is 0 Å². The summed E-state index contributed by atoms with van der Waals surface area (Å²) >= 11 is 1.71. The van der Waals surface area contributed by atoms with Crippen molar-refractivity contribution >= 4 is 23.6 Å². The second kappa shape index (κ2) is 10.6. The van der Waals surface area contributed by atoms with E-state index in [0.717, 1.165) is 0 Å². The molecule has 0 radical (unpaired) electrons. The van der Waals surface area contributed by atoms with E-state index in [1.165, 1.54) is 28.2 Å².